The Hall–Kier alpha value is -2.47. The van der Waals surface area contributed by atoms with Crippen molar-refractivity contribution in [1.29, 1.82) is 0 Å². The SMILES string of the molecule is CC1(C(=O)Cl)COC(=O)OC1.CC1(C)OC2OC(CO)C3OC(C)(C)OC3C2O1.CC1(C)OC2OC(COC(=O)C3(C)COC(=O)OC3)C3OC(C)(C)OC3C2O1. The standard InChI is InChI=1S/C18H26O10.C12H20O6.C6H7ClO4/c1-16(2)25-10-9(6-21-14(19)18(5)7-22-15(20)23-8-18)24-13-12(11(10)26-16)27-17(3,4)28-13;1-11(2)15-7-6(5-13)14-10-9(8(7)16-11)17-12(3,4)18-10;1-6(4(7)8)2-10-5(9)11-3-6/h9-13H,6-8H2,1-5H3;6-10,13H,5H2,1-4H3;2-3H2,1H3. The van der Waals surface area contributed by atoms with Crippen LogP contribution in [0.5, 0.6) is 0 Å². The predicted molar refractivity (Wildman–Crippen MR) is 185 cm³/mol. The topological polar surface area (TPSA) is 227 Å². The maximum absolute atomic E-state index is 12.5. The molecule has 0 saturated carbocycles. The van der Waals surface area contributed by atoms with Crippen LogP contribution in [0.15, 0.2) is 0 Å². The third-order valence-electron chi connectivity index (χ3n) is 10.1. The first-order valence-electron chi connectivity index (χ1n) is 18.6. The van der Waals surface area contributed by atoms with E-state index in [1.807, 2.05) is 27.7 Å². The van der Waals surface area contributed by atoms with Gasteiger partial charge < -0.3 is 76.2 Å². The van der Waals surface area contributed by atoms with Crippen molar-refractivity contribution in [3.63, 3.8) is 0 Å². The molecule has 21 heteroatoms. The number of halogens is 1. The van der Waals surface area contributed by atoms with Crippen LogP contribution >= 0.6 is 11.6 Å². The third kappa shape index (κ3) is 9.78. The van der Waals surface area contributed by atoms with Gasteiger partial charge in [-0.05, 0) is 80.8 Å². The van der Waals surface area contributed by atoms with E-state index in [-0.39, 0.29) is 58.0 Å². The van der Waals surface area contributed by atoms with Gasteiger partial charge in [-0.3, -0.25) is 9.59 Å². The highest BCUT2D eigenvalue weighted by Crippen LogP contribution is 2.45. The summed E-state index contributed by atoms with van der Waals surface area (Å²) in [6, 6.07) is 0. The van der Waals surface area contributed by atoms with Gasteiger partial charge in [0.1, 0.15) is 92.7 Å². The van der Waals surface area contributed by atoms with Crippen LogP contribution in [0.25, 0.3) is 0 Å². The van der Waals surface area contributed by atoms with Crippen LogP contribution in [-0.4, -0.2) is 153 Å². The first-order valence-corrected chi connectivity index (χ1v) is 19.0. The number of rotatable bonds is 5. The van der Waals surface area contributed by atoms with Crippen LogP contribution in [0.4, 0.5) is 9.59 Å². The average molecular weight is 841 g/mol. The summed E-state index contributed by atoms with van der Waals surface area (Å²) in [5.41, 5.74) is -1.96. The fourth-order valence-corrected chi connectivity index (χ4v) is 7.38. The Morgan fingerprint density at radius 3 is 1.33 bits per heavy atom. The van der Waals surface area contributed by atoms with Crippen molar-refractivity contribution in [3.05, 3.63) is 0 Å². The molecule has 0 bridgehead atoms. The zero-order chi connectivity index (χ0) is 41.9. The van der Waals surface area contributed by atoms with Crippen molar-refractivity contribution < 1.29 is 95.3 Å². The lowest BCUT2D eigenvalue weighted by molar-refractivity contribution is -0.244. The molecule has 57 heavy (non-hydrogen) atoms. The van der Waals surface area contributed by atoms with E-state index >= 15 is 0 Å². The second-order valence-corrected chi connectivity index (χ2v) is 17.6. The van der Waals surface area contributed by atoms with Crippen molar-refractivity contribution in [1.82, 2.24) is 0 Å². The molecule has 8 heterocycles. The first-order chi connectivity index (χ1) is 26.3. The Balaban J connectivity index is 0.000000161. The van der Waals surface area contributed by atoms with E-state index in [4.69, 9.17) is 73.2 Å². The molecule has 0 aromatic carbocycles. The Labute approximate surface area is 334 Å². The minimum Gasteiger partial charge on any atom is -0.462 e. The molecule has 0 aliphatic carbocycles. The first kappa shape index (κ1) is 44.1. The number of aliphatic hydroxyl groups excluding tert-OH is 1. The maximum Gasteiger partial charge on any atom is 0.508 e. The summed E-state index contributed by atoms with van der Waals surface area (Å²) in [5.74, 6) is -3.61. The molecule has 10 atom stereocenters. The van der Waals surface area contributed by atoms with Gasteiger partial charge >= 0.3 is 18.3 Å². The quantitative estimate of drug-likeness (QED) is 0.238. The molecular formula is C36H53ClO20. The minimum atomic E-state index is -1.08. The Bertz CT molecular complexity index is 1510. The van der Waals surface area contributed by atoms with Gasteiger partial charge in [-0.2, -0.15) is 0 Å². The van der Waals surface area contributed by atoms with E-state index in [1.54, 1.807) is 41.5 Å². The summed E-state index contributed by atoms with van der Waals surface area (Å²) >= 11 is 5.24. The van der Waals surface area contributed by atoms with Gasteiger partial charge in [-0.1, -0.05) is 0 Å². The van der Waals surface area contributed by atoms with Crippen LogP contribution in [0.3, 0.4) is 0 Å². The van der Waals surface area contributed by atoms with Crippen molar-refractivity contribution in [2.24, 2.45) is 10.8 Å². The van der Waals surface area contributed by atoms with Crippen molar-refractivity contribution in [2.45, 2.75) is 154 Å². The van der Waals surface area contributed by atoms with Gasteiger partial charge in [0.15, 0.2) is 35.7 Å². The van der Waals surface area contributed by atoms with Gasteiger partial charge in [0.25, 0.3) is 0 Å². The van der Waals surface area contributed by atoms with Crippen molar-refractivity contribution in [3.8, 4) is 0 Å². The fourth-order valence-electron chi connectivity index (χ4n) is 7.27. The van der Waals surface area contributed by atoms with Crippen LogP contribution in [0.1, 0.15) is 69.2 Å². The van der Waals surface area contributed by atoms with Crippen molar-refractivity contribution >= 4 is 35.1 Å². The fraction of sp³-hybridized carbons (Fsp3) is 0.889. The van der Waals surface area contributed by atoms with Gasteiger partial charge in [0.2, 0.25) is 5.24 Å². The molecule has 0 amide bonds. The number of ether oxygens (including phenoxy) is 15. The maximum atomic E-state index is 12.5. The summed E-state index contributed by atoms with van der Waals surface area (Å²) in [4.78, 5) is 44.7. The molecule has 8 saturated heterocycles. The Morgan fingerprint density at radius 2 is 0.912 bits per heavy atom. The highest BCUT2D eigenvalue weighted by Gasteiger charge is 2.62. The van der Waals surface area contributed by atoms with E-state index in [1.165, 1.54) is 0 Å². The molecule has 0 aromatic heterocycles. The molecule has 8 aliphatic heterocycles. The molecule has 0 aromatic rings. The summed E-state index contributed by atoms with van der Waals surface area (Å²) in [7, 11) is 0. The smallest absolute Gasteiger partial charge is 0.462 e. The van der Waals surface area contributed by atoms with Gasteiger partial charge in [0.05, 0.1) is 6.61 Å². The summed E-state index contributed by atoms with van der Waals surface area (Å²) < 4.78 is 82.7. The molecule has 0 radical (unpaired) electrons. The van der Waals surface area contributed by atoms with Gasteiger partial charge in [0, 0.05) is 0 Å². The van der Waals surface area contributed by atoms with E-state index in [2.05, 4.69) is 9.47 Å². The van der Waals surface area contributed by atoms with E-state index in [9.17, 15) is 24.3 Å². The number of cyclic esters (lactones) is 4. The number of hydrogen-bond acceptors (Lipinski definition) is 20. The number of esters is 1. The molecule has 1 N–H and O–H groups in total. The monoisotopic (exact) mass is 840 g/mol. The molecule has 0 spiro atoms. The van der Waals surface area contributed by atoms with Gasteiger partial charge in [-0.15, -0.1) is 0 Å². The van der Waals surface area contributed by atoms with Crippen LogP contribution in [-0.2, 0) is 80.6 Å². The summed E-state index contributed by atoms with van der Waals surface area (Å²) in [6.45, 7) is 17.3. The molecule has 20 nitrogen and oxygen atoms in total. The zero-order valence-electron chi connectivity index (χ0n) is 33.6. The molecule has 10 unspecified atom stereocenters. The van der Waals surface area contributed by atoms with Crippen molar-refractivity contribution in [2.75, 3.05) is 39.6 Å². The number of carbonyl (C=O) groups is 4. The highest BCUT2D eigenvalue weighted by atomic mass is 35.5. The summed E-state index contributed by atoms with van der Waals surface area (Å²) in [5, 5.41) is 8.85. The molecule has 8 fully saturated rings. The van der Waals surface area contributed by atoms with Crippen LogP contribution in [0.2, 0.25) is 0 Å². The normalized spacial score (nSPS) is 39.3. The van der Waals surface area contributed by atoms with Crippen LogP contribution in [0, 0.1) is 10.8 Å². The zero-order valence-corrected chi connectivity index (χ0v) is 34.4. The number of carbonyl (C=O) groups excluding carboxylic acids is 4. The predicted octanol–water partition coefficient (Wildman–Crippen LogP) is 2.40. The third-order valence-corrected chi connectivity index (χ3v) is 10.5. The van der Waals surface area contributed by atoms with Crippen LogP contribution < -0.4 is 0 Å². The lowest BCUT2D eigenvalue weighted by Crippen LogP contribution is -2.56. The molecule has 8 rings (SSSR count). The van der Waals surface area contributed by atoms with E-state index in [0.29, 0.717) is 0 Å². The second kappa shape index (κ2) is 15.9. The molecule has 324 valence electrons. The molecular weight excluding hydrogens is 788 g/mol. The number of hydrogen-bond donors (Lipinski definition) is 1. The number of aliphatic hydroxyl groups is 1. The lowest BCUT2D eigenvalue weighted by Gasteiger charge is -2.37. The number of fused-ring (bicyclic) bond motifs is 6. The molecule has 8 aliphatic rings. The Kier molecular flexibility index (Phi) is 12.3. The Morgan fingerprint density at radius 1 is 0.561 bits per heavy atom. The highest BCUT2D eigenvalue weighted by molar-refractivity contribution is 6.64. The van der Waals surface area contributed by atoms with E-state index in [0.717, 1.165) is 0 Å². The second-order valence-electron chi connectivity index (χ2n) is 17.2. The minimum absolute atomic E-state index is 0.00579. The van der Waals surface area contributed by atoms with Gasteiger partial charge in [-0.25, -0.2) is 9.59 Å². The summed E-state index contributed by atoms with van der Waals surface area (Å²) in [6.07, 6.45) is -6.07. The lowest BCUT2D eigenvalue weighted by atomic mass is 9.92. The largest absolute Gasteiger partial charge is 0.508 e. The average Bonchev–Trinajstić information content (AvgIpc) is 3.82. The van der Waals surface area contributed by atoms with E-state index < -0.39 is 101 Å².